The molecule has 0 atom stereocenters. The van der Waals surface area contributed by atoms with E-state index in [4.69, 9.17) is 27.9 Å². The average molecular weight is 282 g/mol. The molecule has 0 unspecified atom stereocenters. The third-order valence-electron chi connectivity index (χ3n) is 2.23. The van der Waals surface area contributed by atoms with Crippen molar-refractivity contribution in [3.8, 4) is 5.75 Å². The molecule has 1 heterocycles. The second-order valence-corrected chi connectivity index (χ2v) is 4.48. The molecular formula is C13H9Cl2NO2. The van der Waals surface area contributed by atoms with Crippen LogP contribution >= 0.6 is 23.2 Å². The predicted octanol–water partition coefficient (Wildman–Crippen LogP) is 3.92. The Labute approximate surface area is 114 Å². The molecule has 0 saturated carbocycles. The van der Waals surface area contributed by atoms with E-state index in [1.165, 1.54) is 12.1 Å². The van der Waals surface area contributed by atoms with Crippen LogP contribution in [0.15, 0.2) is 36.4 Å². The lowest BCUT2D eigenvalue weighted by atomic mass is 10.2. The Kier molecular flexibility index (Phi) is 3.84. The molecule has 1 aromatic heterocycles. The highest BCUT2D eigenvalue weighted by atomic mass is 35.5. The van der Waals surface area contributed by atoms with E-state index in [1.807, 2.05) is 19.1 Å². The molecule has 0 aliphatic carbocycles. The van der Waals surface area contributed by atoms with E-state index in [-0.39, 0.29) is 15.9 Å². The molecule has 0 N–H and O–H groups in total. The molecule has 0 aliphatic heterocycles. The highest BCUT2D eigenvalue weighted by Gasteiger charge is 2.11. The van der Waals surface area contributed by atoms with Crippen LogP contribution in [-0.2, 0) is 0 Å². The van der Waals surface area contributed by atoms with Gasteiger partial charge in [-0.15, -0.1) is 0 Å². The molecule has 5 heteroatoms. The molecule has 0 saturated heterocycles. The molecule has 92 valence electrons. The number of aromatic nitrogens is 1. The number of esters is 1. The van der Waals surface area contributed by atoms with E-state index in [0.29, 0.717) is 5.75 Å². The Morgan fingerprint density at radius 2 is 1.67 bits per heavy atom. The molecule has 0 amide bonds. The number of ether oxygens (including phenoxy) is 1. The van der Waals surface area contributed by atoms with Gasteiger partial charge in [0, 0.05) is 0 Å². The van der Waals surface area contributed by atoms with Crippen LogP contribution in [0.3, 0.4) is 0 Å². The number of aryl methyl sites for hydroxylation is 1. The standard InChI is InChI=1S/C13H9Cl2NO2/c1-8-2-4-10(5-3-8)18-13(17)9-6-11(14)16-12(15)7-9/h2-7H,1H3. The summed E-state index contributed by atoms with van der Waals surface area (Å²) >= 11 is 11.4. The maximum atomic E-state index is 11.8. The number of rotatable bonds is 2. The van der Waals surface area contributed by atoms with Crippen molar-refractivity contribution in [2.75, 3.05) is 0 Å². The van der Waals surface area contributed by atoms with Gasteiger partial charge in [0.2, 0.25) is 0 Å². The summed E-state index contributed by atoms with van der Waals surface area (Å²) in [4.78, 5) is 15.6. The second kappa shape index (κ2) is 5.38. The minimum atomic E-state index is -0.523. The molecule has 0 spiro atoms. The van der Waals surface area contributed by atoms with Crippen LogP contribution in [0, 0.1) is 6.92 Å². The first-order valence-electron chi connectivity index (χ1n) is 5.16. The van der Waals surface area contributed by atoms with Crippen molar-refractivity contribution in [1.82, 2.24) is 4.98 Å². The maximum Gasteiger partial charge on any atom is 0.343 e. The molecule has 0 bridgehead atoms. The van der Waals surface area contributed by atoms with Crippen molar-refractivity contribution in [2.24, 2.45) is 0 Å². The Balaban J connectivity index is 2.19. The van der Waals surface area contributed by atoms with E-state index >= 15 is 0 Å². The zero-order chi connectivity index (χ0) is 13.1. The second-order valence-electron chi connectivity index (χ2n) is 3.70. The molecular weight excluding hydrogens is 273 g/mol. The molecule has 0 fully saturated rings. The quantitative estimate of drug-likeness (QED) is 0.476. The van der Waals surface area contributed by atoms with Crippen molar-refractivity contribution in [3.63, 3.8) is 0 Å². The highest BCUT2D eigenvalue weighted by Crippen LogP contribution is 2.18. The number of nitrogens with zero attached hydrogens (tertiary/aromatic N) is 1. The number of benzene rings is 1. The number of halogens is 2. The summed E-state index contributed by atoms with van der Waals surface area (Å²) in [7, 11) is 0. The lowest BCUT2D eigenvalue weighted by Crippen LogP contribution is -2.08. The summed E-state index contributed by atoms with van der Waals surface area (Å²) < 4.78 is 5.18. The normalized spacial score (nSPS) is 10.2. The molecule has 1 aromatic carbocycles. The topological polar surface area (TPSA) is 39.2 Å². The van der Waals surface area contributed by atoms with Gasteiger partial charge in [0.25, 0.3) is 0 Å². The van der Waals surface area contributed by atoms with Gasteiger partial charge >= 0.3 is 5.97 Å². The van der Waals surface area contributed by atoms with Crippen LogP contribution in [0.4, 0.5) is 0 Å². The fourth-order valence-electron chi connectivity index (χ4n) is 1.36. The van der Waals surface area contributed by atoms with E-state index in [2.05, 4.69) is 4.98 Å². The fraction of sp³-hybridized carbons (Fsp3) is 0.0769. The highest BCUT2D eigenvalue weighted by molar-refractivity contribution is 6.32. The van der Waals surface area contributed by atoms with Gasteiger partial charge in [0.05, 0.1) is 5.56 Å². The van der Waals surface area contributed by atoms with Crippen molar-refractivity contribution in [1.29, 1.82) is 0 Å². The summed E-state index contributed by atoms with van der Waals surface area (Å²) in [5.74, 6) is -0.0558. The van der Waals surface area contributed by atoms with Crippen LogP contribution in [0.1, 0.15) is 15.9 Å². The number of carbonyl (C=O) groups is 1. The summed E-state index contributed by atoms with van der Waals surface area (Å²) in [5, 5.41) is 0.303. The lowest BCUT2D eigenvalue weighted by Gasteiger charge is -2.05. The molecule has 3 nitrogen and oxygen atoms in total. The predicted molar refractivity (Wildman–Crippen MR) is 70.4 cm³/mol. The van der Waals surface area contributed by atoms with Gasteiger partial charge in [-0.3, -0.25) is 0 Å². The zero-order valence-corrected chi connectivity index (χ0v) is 11.0. The number of hydrogen-bond acceptors (Lipinski definition) is 3. The van der Waals surface area contributed by atoms with Gasteiger partial charge in [0.1, 0.15) is 16.1 Å². The van der Waals surface area contributed by atoms with Crippen LogP contribution in [-0.4, -0.2) is 11.0 Å². The third-order valence-corrected chi connectivity index (χ3v) is 2.62. The first-order valence-corrected chi connectivity index (χ1v) is 5.92. The minimum absolute atomic E-state index is 0.151. The Hall–Kier alpha value is -1.58. The van der Waals surface area contributed by atoms with E-state index < -0.39 is 5.97 Å². The van der Waals surface area contributed by atoms with Gasteiger partial charge in [-0.2, -0.15) is 0 Å². The van der Waals surface area contributed by atoms with Gasteiger partial charge in [-0.25, -0.2) is 9.78 Å². The molecule has 0 radical (unpaired) electrons. The summed E-state index contributed by atoms with van der Waals surface area (Å²) in [6.45, 7) is 1.95. The zero-order valence-electron chi connectivity index (χ0n) is 9.48. The van der Waals surface area contributed by atoms with E-state index in [9.17, 15) is 4.79 Å². The van der Waals surface area contributed by atoms with Crippen LogP contribution in [0.25, 0.3) is 0 Å². The number of hydrogen-bond donors (Lipinski definition) is 0. The lowest BCUT2D eigenvalue weighted by molar-refractivity contribution is 0.0734. The van der Waals surface area contributed by atoms with Gasteiger partial charge in [0.15, 0.2) is 0 Å². The minimum Gasteiger partial charge on any atom is -0.423 e. The summed E-state index contributed by atoms with van der Waals surface area (Å²) in [6, 6.07) is 9.97. The van der Waals surface area contributed by atoms with Gasteiger partial charge < -0.3 is 4.74 Å². The molecule has 18 heavy (non-hydrogen) atoms. The van der Waals surface area contributed by atoms with Crippen molar-refractivity contribution in [3.05, 3.63) is 57.8 Å². The molecule has 2 rings (SSSR count). The van der Waals surface area contributed by atoms with Gasteiger partial charge in [-0.1, -0.05) is 40.9 Å². The Morgan fingerprint density at radius 1 is 1.11 bits per heavy atom. The first-order chi connectivity index (χ1) is 8.54. The molecule has 0 aliphatic rings. The number of carbonyl (C=O) groups excluding carboxylic acids is 1. The van der Waals surface area contributed by atoms with Crippen LogP contribution in [0.2, 0.25) is 10.3 Å². The van der Waals surface area contributed by atoms with E-state index in [0.717, 1.165) is 5.56 Å². The Morgan fingerprint density at radius 3 is 2.22 bits per heavy atom. The largest absolute Gasteiger partial charge is 0.423 e. The van der Waals surface area contributed by atoms with Crippen LogP contribution in [0.5, 0.6) is 5.75 Å². The summed E-state index contributed by atoms with van der Waals surface area (Å²) in [5.41, 5.74) is 1.35. The van der Waals surface area contributed by atoms with Gasteiger partial charge in [-0.05, 0) is 31.2 Å². The molecule has 2 aromatic rings. The van der Waals surface area contributed by atoms with Crippen LogP contribution < -0.4 is 4.74 Å². The van der Waals surface area contributed by atoms with Crippen molar-refractivity contribution >= 4 is 29.2 Å². The van der Waals surface area contributed by atoms with Crippen molar-refractivity contribution in [2.45, 2.75) is 6.92 Å². The fourth-order valence-corrected chi connectivity index (χ4v) is 1.82. The maximum absolute atomic E-state index is 11.8. The first kappa shape index (κ1) is 12.9. The smallest absolute Gasteiger partial charge is 0.343 e. The number of pyridine rings is 1. The Bertz CT molecular complexity index is 562. The monoisotopic (exact) mass is 281 g/mol. The SMILES string of the molecule is Cc1ccc(OC(=O)c2cc(Cl)nc(Cl)c2)cc1. The van der Waals surface area contributed by atoms with E-state index in [1.54, 1.807) is 12.1 Å². The summed E-state index contributed by atoms with van der Waals surface area (Å²) in [6.07, 6.45) is 0. The van der Waals surface area contributed by atoms with Crippen molar-refractivity contribution < 1.29 is 9.53 Å². The average Bonchev–Trinajstić information content (AvgIpc) is 2.31. The third kappa shape index (κ3) is 3.22.